The summed E-state index contributed by atoms with van der Waals surface area (Å²) in [5.41, 5.74) is 0. The average Bonchev–Trinajstić information content (AvgIpc) is 2.85. The summed E-state index contributed by atoms with van der Waals surface area (Å²) in [5.74, 6) is 0. The van der Waals surface area contributed by atoms with Crippen LogP contribution in [-0.4, -0.2) is 28.7 Å². The van der Waals surface area contributed by atoms with Gasteiger partial charge in [0, 0.05) is 24.0 Å². The number of aliphatic hydroxyl groups excluding tert-OH is 1. The standard InChI is InChI=1S/C11H17NOS/c1-9(13)7-12(10-4-5-10)8-11-3-2-6-14-11/h2-3,6,9-10,13H,4-5,7-8H2,1H3. The number of aliphatic hydroxyl groups is 1. The molecule has 1 aliphatic rings. The lowest BCUT2D eigenvalue weighted by molar-refractivity contribution is 0.118. The highest BCUT2D eigenvalue weighted by molar-refractivity contribution is 7.09. The van der Waals surface area contributed by atoms with Crippen molar-refractivity contribution in [3.05, 3.63) is 22.4 Å². The average molecular weight is 211 g/mol. The van der Waals surface area contributed by atoms with Crippen molar-refractivity contribution < 1.29 is 5.11 Å². The van der Waals surface area contributed by atoms with Gasteiger partial charge >= 0.3 is 0 Å². The first kappa shape index (κ1) is 10.1. The van der Waals surface area contributed by atoms with E-state index in [4.69, 9.17) is 0 Å². The Balaban J connectivity index is 1.90. The maximum absolute atomic E-state index is 9.39. The first-order chi connectivity index (χ1) is 6.75. The van der Waals surface area contributed by atoms with Crippen LogP contribution in [0.15, 0.2) is 17.5 Å². The zero-order valence-electron chi connectivity index (χ0n) is 8.52. The van der Waals surface area contributed by atoms with E-state index in [0.717, 1.165) is 19.1 Å². The Hall–Kier alpha value is -0.380. The fraction of sp³-hybridized carbons (Fsp3) is 0.636. The second kappa shape index (κ2) is 4.43. The quantitative estimate of drug-likeness (QED) is 0.806. The van der Waals surface area contributed by atoms with Crippen LogP contribution in [0, 0.1) is 0 Å². The van der Waals surface area contributed by atoms with Gasteiger partial charge in [-0.15, -0.1) is 11.3 Å². The Labute approximate surface area is 89.2 Å². The molecule has 0 aromatic carbocycles. The minimum atomic E-state index is -0.212. The third-order valence-corrected chi connectivity index (χ3v) is 3.36. The molecule has 0 radical (unpaired) electrons. The molecule has 2 nitrogen and oxygen atoms in total. The van der Waals surface area contributed by atoms with Crippen molar-refractivity contribution in [3.63, 3.8) is 0 Å². The van der Waals surface area contributed by atoms with Gasteiger partial charge in [0.1, 0.15) is 0 Å². The second-order valence-electron chi connectivity index (χ2n) is 4.09. The van der Waals surface area contributed by atoms with Crippen molar-refractivity contribution in [2.24, 2.45) is 0 Å². The van der Waals surface area contributed by atoms with Gasteiger partial charge in [-0.2, -0.15) is 0 Å². The van der Waals surface area contributed by atoms with Gasteiger partial charge in [-0.05, 0) is 31.2 Å². The fourth-order valence-electron chi connectivity index (χ4n) is 1.72. The van der Waals surface area contributed by atoms with Gasteiger partial charge in [-0.1, -0.05) is 6.07 Å². The maximum Gasteiger partial charge on any atom is 0.0639 e. The molecule has 1 aromatic heterocycles. The molecule has 1 fully saturated rings. The summed E-state index contributed by atoms with van der Waals surface area (Å²) in [6.07, 6.45) is 2.39. The lowest BCUT2D eigenvalue weighted by Gasteiger charge is -2.22. The van der Waals surface area contributed by atoms with Gasteiger partial charge in [0.2, 0.25) is 0 Å². The van der Waals surface area contributed by atoms with E-state index in [1.807, 2.05) is 6.92 Å². The van der Waals surface area contributed by atoms with Crippen LogP contribution in [0.1, 0.15) is 24.6 Å². The minimum Gasteiger partial charge on any atom is -0.392 e. The molecule has 3 heteroatoms. The number of thiophene rings is 1. The summed E-state index contributed by atoms with van der Waals surface area (Å²) in [6, 6.07) is 4.99. The Morgan fingerprint density at radius 1 is 1.64 bits per heavy atom. The molecule has 0 amide bonds. The maximum atomic E-state index is 9.39. The highest BCUT2D eigenvalue weighted by Crippen LogP contribution is 2.29. The van der Waals surface area contributed by atoms with Gasteiger partial charge < -0.3 is 5.11 Å². The highest BCUT2D eigenvalue weighted by Gasteiger charge is 2.29. The van der Waals surface area contributed by atoms with Gasteiger partial charge in [-0.25, -0.2) is 0 Å². The second-order valence-corrected chi connectivity index (χ2v) is 5.12. The Morgan fingerprint density at radius 2 is 2.43 bits per heavy atom. The van der Waals surface area contributed by atoms with Gasteiger partial charge in [-0.3, -0.25) is 4.90 Å². The predicted molar refractivity (Wildman–Crippen MR) is 59.4 cm³/mol. The first-order valence-corrected chi connectivity index (χ1v) is 6.08. The summed E-state index contributed by atoms with van der Waals surface area (Å²) in [4.78, 5) is 3.80. The molecule has 1 aromatic rings. The topological polar surface area (TPSA) is 23.5 Å². The zero-order chi connectivity index (χ0) is 9.97. The van der Waals surface area contributed by atoms with E-state index in [1.165, 1.54) is 17.7 Å². The largest absolute Gasteiger partial charge is 0.392 e. The van der Waals surface area contributed by atoms with Gasteiger partial charge in [0.15, 0.2) is 0 Å². The summed E-state index contributed by atoms with van der Waals surface area (Å²) in [5, 5.41) is 11.5. The molecule has 1 saturated carbocycles. The van der Waals surface area contributed by atoms with Crippen molar-refractivity contribution in [2.75, 3.05) is 6.54 Å². The normalized spacial score (nSPS) is 18.8. The zero-order valence-corrected chi connectivity index (χ0v) is 9.33. The summed E-state index contributed by atoms with van der Waals surface area (Å²) in [7, 11) is 0. The summed E-state index contributed by atoms with van der Waals surface area (Å²) < 4.78 is 0. The van der Waals surface area contributed by atoms with E-state index in [2.05, 4.69) is 22.4 Å². The van der Waals surface area contributed by atoms with E-state index in [0.29, 0.717) is 0 Å². The van der Waals surface area contributed by atoms with Crippen molar-refractivity contribution in [1.29, 1.82) is 0 Å². The Kier molecular flexibility index (Phi) is 3.21. The third kappa shape index (κ3) is 2.80. The Morgan fingerprint density at radius 3 is 2.93 bits per heavy atom. The van der Waals surface area contributed by atoms with E-state index in [1.54, 1.807) is 11.3 Å². The molecule has 1 heterocycles. The van der Waals surface area contributed by atoms with Crippen molar-refractivity contribution >= 4 is 11.3 Å². The summed E-state index contributed by atoms with van der Waals surface area (Å²) in [6.45, 7) is 3.68. The lowest BCUT2D eigenvalue weighted by atomic mass is 10.3. The molecule has 0 bridgehead atoms. The van der Waals surface area contributed by atoms with E-state index in [-0.39, 0.29) is 6.10 Å². The minimum absolute atomic E-state index is 0.212. The molecule has 1 aliphatic carbocycles. The third-order valence-electron chi connectivity index (χ3n) is 2.50. The monoisotopic (exact) mass is 211 g/mol. The molecule has 78 valence electrons. The molecular formula is C11H17NOS. The lowest BCUT2D eigenvalue weighted by Crippen LogP contribution is -2.32. The molecule has 1 atom stereocenters. The first-order valence-electron chi connectivity index (χ1n) is 5.20. The van der Waals surface area contributed by atoms with Crippen LogP contribution in [0.3, 0.4) is 0 Å². The van der Waals surface area contributed by atoms with Crippen molar-refractivity contribution in [3.8, 4) is 0 Å². The van der Waals surface area contributed by atoms with Gasteiger partial charge in [0.05, 0.1) is 6.10 Å². The number of rotatable bonds is 5. The molecule has 2 rings (SSSR count). The van der Waals surface area contributed by atoms with Crippen LogP contribution in [-0.2, 0) is 6.54 Å². The SMILES string of the molecule is CC(O)CN(Cc1cccs1)C1CC1. The predicted octanol–water partition coefficient (Wildman–Crippen LogP) is 2.09. The van der Waals surface area contributed by atoms with E-state index < -0.39 is 0 Å². The fourth-order valence-corrected chi connectivity index (χ4v) is 2.45. The molecule has 0 saturated heterocycles. The molecule has 1 unspecified atom stereocenters. The molecule has 1 N–H and O–H groups in total. The number of nitrogens with zero attached hydrogens (tertiary/aromatic N) is 1. The molecule has 0 aliphatic heterocycles. The van der Waals surface area contributed by atoms with Crippen LogP contribution >= 0.6 is 11.3 Å². The van der Waals surface area contributed by atoms with Crippen LogP contribution < -0.4 is 0 Å². The highest BCUT2D eigenvalue weighted by atomic mass is 32.1. The molecule has 14 heavy (non-hydrogen) atoms. The number of hydrogen-bond acceptors (Lipinski definition) is 3. The summed E-state index contributed by atoms with van der Waals surface area (Å²) >= 11 is 1.80. The molecule has 0 spiro atoms. The van der Waals surface area contributed by atoms with Crippen LogP contribution in [0.5, 0.6) is 0 Å². The van der Waals surface area contributed by atoms with E-state index in [9.17, 15) is 5.11 Å². The van der Waals surface area contributed by atoms with Crippen molar-refractivity contribution in [2.45, 2.75) is 38.5 Å². The molecular weight excluding hydrogens is 194 g/mol. The van der Waals surface area contributed by atoms with Gasteiger partial charge in [0.25, 0.3) is 0 Å². The van der Waals surface area contributed by atoms with Crippen LogP contribution in [0.25, 0.3) is 0 Å². The number of hydrogen-bond donors (Lipinski definition) is 1. The Bertz CT molecular complexity index is 267. The van der Waals surface area contributed by atoms with Crippen LogP contribution in [0.2, 0.25) is 0 Å². The van der Waals surface area contributed by atoms with Crippen LogP contribution in [0.4, 0.5) is 0 Å². The van der Waals surface area contributed by atoms with E-state index >= 15 is 0 Å². The smallest absolute Gasteiger partial charge is 0.0639 e. The van der Waals surface area contributed by atoms with Crippen molar-refractivity contribution in [1.82, 2.24) is 4.90 Å².